The maximum absolute atomic E-state index is 12.0. The first-order chi connectivity index (χ1) is 7.20. The van der Waals surface area contributed by atoms with Crippen molar-refractivity contribution in [1.29, 1.82) is 0 Å². The van der Waals surface area contributed by atoms with Gasteiger partial charge in [0.05, 0.1) is 28.4 Å². The van der Waals surface area contributed by atoms with Gasteiger partial charge in [-0.3, -0.25) is 4.68 Å². The molecule has 1 aromatic rings. The van der Waals surface area contributed by atoms with Gasteiger partial charge in [0.25, 0.3) is 0 Å². The lowest BCUT2D eigenvalue weighted by Crippen LogP contribution is -2.22. The summed E-state index contributed by atoms with van der Waals surface area (Å²) in [5.41, 5.74) is 1.26. The summed E-state index contributed by atoms with van der Waals surface area (Å²) in [7, 11) is 1.63. The number of halogens is 4. The van der Waals surface area contributed by atoms with Gasteiger partial charge in [-0.25, -0.2) is 0 Å². The molecule has 0 aliphatic rings. The molecule has 1 atom stereocenters. The zero-order valence-electron chi connectivity index (χ0n) is 8.85. The predicted molar refractivity (Wildman–Crippen MR) is 56.0 cm³/mol. The third-order valence-corrected chi connectivity index (χ3v) is 3.19. The van der Waals surface area contributed by atoms with Crippen molar-refractivity contribution in [3.63, 3.8) is 0 Å². The van der Waals surface area contributed by atoms with Crippen LogP contribution in [0.5, 0.6) is 0 Å². The van der Waals surface area contributed by atoms with Crippen LogP contribution in [0.2, 0.25) is 0 Å². The van der Waals surface area contributed by atoms with Crippen LogP contribution in [0.15, 0.2) is 4.47 Å². The van der Waals surface area contributed by atoms with Crippen LogP contribution < -0.4 is 0 Å². The Morgan fingerprint density at radius 1 is 1.50 bits per heavy atom. The largest absolute Gasteiger partial charge is 0.392 e. The van der Waals surface area contributed by atoms with Crippen LogP contribution in [0, 0.1) is 6.92 Å². The average molecular weight is 301 g/mol. The Balaban J connectivity index is 2.73. The number of aromatic nitrogens is 2. The molecule has 1 aromatic heterocycles. The van der Waals surface area contributed by atoms with Crippen LogP contribution in [0.25, 0.3) is 0 Å². The van der Waals surface area contributed by atoms with E-state index in [0.29, 0.717) is 15.9 Å². The third kappa shape index (κ3) is 3.48. The Kier molecular flexibility index (Phi) is 4.01. The maximum atomic E-state index is 12.0. The van der Waals surface area contributed by atoms with E-state index in [1.807, 2.05) is 0 Å². The van der Waals surface area contributed by atoms with Gasteiger partial charge in [0.1, 0.15) is 0 Å². The van der Waals surface area contributed by atoms with Crippen molar-refractivity contribution < 1.29 is 18.3 Å². The molecule has 0 saturated heterocycles. The highest BCUT2D eigenvalue weighted by Crippen LogP contribution is 2.26. The van der Waals surface area contributed by atoms with Crippen molar-refractivity contribution in [3.05, 3.63) is 15.9 Å². The molecule has 0 aliphatic carbocycles. The summed E-state index contributed by atoms with van der Waals surface area (Å²) in [6.45, 7) is 1.74. The summed E-state index contributed by atoms with van der Waals surface area (Å²) in [6.07, 6.45) is -7.06. The smallest absolute Gasteiger partial charge is 0.391 e. The fourth-order valence-electron chi connectivity index (χ4n) is 1.46. The molecule has 16 heavy (non-hydrogen) atoms. The van der Waals surface area contributed by atoms with Gasteiger partial charge in [0, 0.05) is 13.5 Å². The van der Waals surface area contributed by atoms with E-state index in [2.05, 4.69) is 21.0 Å². The number of nitrogens with zero attached hydrogens (tertiary/aromatic N) is 2. The van der Waals surface area contributed by atoms with E-state index in [1.165, 1.54) is 4.68 Å². The Morgan fingerprint density at radius 3 is 2.44 bits per heavy atom. The predicted octanol–water partition coefficient (Wildman–Crippen LogP) is 2.35. The summed E-state index contributed by atoms with van der Waals surface area (Å²) in [4.78, 5) is 0. The van der Waals surface area contributed by atoms with Gasteiger partial charge in [-0.2, -0.15) is 18.3 Å². The zero-order chi connectivity index (χ0) is 12.5. The molecule has 92 valence electrons. The summed E-state index contributed by atoms with van der Waals surface area (Å²) in [5, 5.41) is 13.4. The summed E-state index contributed by atoms with van der Waals surface area (Å²) < 4.78 is 38.2. The SMILES string of the molecule is Cc1nn(C)c(CC(O)CC(F)(F)F)c1Br. The highest BCUT2D eigenvalue weighted by atomic mass is 79.9. The van der Waals surface area contributed by atoms with Gasteiger partial charge in [0.2, 0.25) is 0 Å². The Bertz CT molecular complexity index is 376. The first-order valence-corrected chi connectivity index (χ1v) is 5.43. The van der Waals surface area contributed by atoms with Crippen LogP contribution in [-0.4, -0.2) is 27.2 Å². The first kappa shape index (κ1) is 13.5. The van der Waals surface area contributed by atoms with E-state index >= 15 is 0 Å². The molecule has 0 fully saturated rings. The van der Waals surface area contributed by atoms with E-state index < -0.39 is 18.7 Å². The van der Waals surface area contributed by atoms with E-state index in [-0.39, 0.29) is 6.42 Å². The fourth-order valence-corrected chi connectivity index (χ4v) is 1.96. The van der Waals surface area contributed by atoms with Crippen molar-refractivity contribution >= 4 is 15.9 Å². The molecule has 1 unspecified atom stereocenters. The second-order valence-corrected chi connectivity index (χ2v) is 4.44. The Hall–Kier alpha value is -0.560. The minimum Gasteiger partial charge on any atom is -0.392 e. The number of alkyl halides is 3. The average Bonchev–Trinajstić information content (AvgIpc) is 2.29. The minimum absolute atomic E-state index is 0.0720. The number of rotatable bonds is 3. The normalized spacial score (nSPS) is 14.2. The van der Waals surface area contributed by atoms with Crippen molar-refractivity contribution in [3.8, 4) is 0 Å². The van der Waals surface area contributed by atoms with Gasteiger partial charge in [-0.05, 0) is 22.9 Å². The molecule has 3 nitrogen and oxygen atoms in total. The van der Waals surface area contributed by atoms with Crippen LogP contribution in [0.1, 0.15) is 17.8 Å². The summed E-state index contributed by atoms with van der Waals surface area (Å²) in [5.74, 6) is 0. The summed E-state index contributed by atoms with van der Waals surface area (Å²) in [6, 6.07) is 0. The van der Waals surface area contributed by atoms with Crippen LogP contribution >= 0.6 is 15.9 Å². The number of aliphatic hydroxyl groups excluding tert-OH is 1. The highest BCUT2D eigenvalue weighted by Gasteiger charge is 2.31. The molecular formula is C9H12BrF3N2O. The molecular weight excluding hydrogens is 289 g/mol. The van der Waals surface area contributed by atoms with Gasteiger partial charge in [0.15, 0.2) is 0 Å². The Morgan fingerprint density at radius 2 is 2.06 bits per heavy atom. The number of hydrogen-bond acceptors (Lipinski definition) is 2. The number of hydrogen-bond donors (Lipinski definition) is 1. The van der Waals surface area contributed by atoms with Crippen molar-refractivity contribution in [1.82, 2.24) is 9.78 Å². The lowest BCUT2D eigenvalue weighted by Gasteiger charge is -2.13. The number of aliphatic hydroxyl groups is 1. The lowest BCUT2D eigenvalue weighted by molar-refractivity contribution is -0.153. The maximum Gasteiger partial charge on any atom is 0.391 e. The topological polar surface area (TPSA) is 38.0 Å². The van der Waals surface area contributed by atoms with E-state index in [0.717, 1.165) is 0 Å². The van der Waals surface area contributed by atoms with Crippen molar-refractivity contribution in [2.75, 3.05) is 0 Å². The second kappa shape index (κ2) is 4.75. The molecule has 0 spiro atoms. The Labute approximate surface area is 99.4 Å². The van der Waals surface area contributed by atoms with Crippen molar-refractivity contribution in [2.24, 2.45) is 7.05 Å². The third-order valence-electron chi connectivity index (χ3n) is 2.16. The fraction of sp³-hybridized carbons (Fsp3) is 0.667. The van der Waals surface area contributed by atoms with E-state index in [9.17, 15) is 18.3 Å². The number of aryl methyl sites for hydroxylation is 2. The van der Waals surface area contributed by atoms with Crippen molar-refractivity contribution in [2.45, 2.75) is 32.0 Å². The molecule has 1 heterocycles. The van der Waals surface area contributed by atoms with Crippen LogP contribution in [-0.2, 0) is 13.5 Å². The molecule has 1 rings (SSSR count). The minimum atomic E-state index is -4.35. The molecule has 0 bridgehead atoms. The molecule has 0 radical (unpaired) electrons. The molecule has 0 aromatic carbocycles. The molecule has 7 heteroatoms. The van der Waals surface area contributed by atoms with Gasteiger partial charge < -0.3 is 5.11 Å². The van der Waals surface area contributed by atoms with Gasteiger partial charge >= 0.3 is 6.18 Å². The molecule has 0 amide bonds. The quantitative estimate of drug-likeness (QED) is 0.930. The molecule has 1 N–H and O–H groups in total. The molecule has 0 saturated carbocycles. The van der Waals surface area contributed by atoms with Crippen LogP contribution in [0.3, 0.4) is 0 Å². The van der Waals surface area contributed by atoms with E-state index in [4.69, 9.17) is 0 Å². The zero-order valence-corrected chi connectivity index (χ0v) is 10.4. The monoisotopic (exact) mass is 300 g/mol. The second-order valence-electron chi connectivity index (χ2n) is 3.65. The van der Waals surface area contributed by atoms with E-state index in [1.54, 1.807) is 14.0 Å². The first-order valence-electron chi connectivity index (χ1n) is 4.63. The standard InChI is InChI=1S/C9H12BrF3N2O/c1-5-8(10)7(15(2)14-5)3-6(16)4-9(11,12)13/h6,16H,3-4H2,1-2H3. The molecule has 0 aliphatic heterocycles. The van der Waals surface area contributed by atoms with Gasteiger partial charge in [-0.1, -0.05) is 0 Å². The van der Waals surface area contributed by atoms with Gasteiger partial charge in [-0.15, -0.1) is 0 Å². The van der Waals surface area contributed by atoms with Crippen LogP contribution in [0.4, 0.5) is 13.2 Å². The summed E-state index contributed by atoms with van der Waals surface area (Å²) >= 11 is 3.23. The lowest BCUT2D eigenvalue weighted by atomic mass is 10.1. The highest BCUT2D eigenvalue weighted by molar-refractivity contribution is 9.10.